The maximum absolute atomic E-state index is 11.8. The summed E-state index contributed by atoms with van der Waals surface area (Å²) >= 11 is 9.02. The van der Waals surface area contributed by atoms with Crippen molar-refractivity contribution in [2.75, 3.05) is 23.7 Å². The molecule has 0 aliphatic carbocycles. The molecule has 0 radical (unpaired) electrons. The number of aromatic nitrogens is 2. The molecule has 9 nitrogen and oxygen atoms in total. The van der Waals surface area contributed by atoms with E-state index in [1.165, 1.54) is 18.2 Å². The van der Waals surface area contributed by atoms with Crippen molar-refractivity contribution in [2.24, 2.45) is 0 Å². The van der Waals surface area contributed by atoms with Gasteiger partial charge < -0.3 is 16.0 Å². The van der Waals surface area contributed by atoms with Gasteiger partial charge >= 0.3 is 6.03 Å². The smallest absolute Gasteiger partial charge is 0.319 e. The first-order valence-corrected chi connectivity index (χ1v) is 8.34. The number of benzene rings is 1. The Balaban J connectivity index is 1.71. The monoisotopic (exact) mass is 428 g/mol. The molecule has 3 N–H and O–H groups in total. The highest BCUT2D eigenvalue weighted by molar-refractivity contribution is 9.10. The van der Waals surface area contributed by atoms with E-state index in [1.54, 1.807) is 12.3 Å². The lowest BCUT2D eigenvalue weighted by Gasteiger charge is -2.09. The maximum Gasteiger partial charge on any atom is 0.319 e. The zero-order valence-electron chi connectivity index (χ0n) is 12.8. The Morgan fingerprint density at radius 1 is 1.36 bits per heavy atom. The highest BCUT2D eigenvalue weighted by Crippen LogP contribution is 2.20. The molecule has 0 fully saturated rings. The van der Waals surface area contributed by atoms with E-state index in [9.17, 15) is 14.9 Å². The molecule has 2 rings (SSSR count). The number of amides is 2. The summed E-state index contributed by atoms with van der Waals surface area (Å²) in [5, 5.41) is 19.1. The second kappa shape index (κ2) is 9.14. The van der Waals surface area contributed by atoms with Crippen LogP contribution < -0.4 is 16.0 Å². The first kappa shape index (κ1) is 18.9. The molecule has 1 aromatic carbocycles. The minimum Gasteiger partial charge on any atom is -0.369 e. The van der Waals surface area contributed by atoms with Crippen molar-refractivity contribution >= 4 is 50.8 Å². The minimum absolute atomic E-state index is 0.0870. The Hall–Kier alpha value is -2.46. The van der Waals surface area contributed by atoms with Crippen LogP contribution >= 0.6 is 27.5 Å². The molecule has 0 saturated carbocycles. The lowest BCUT2D eigenvalue weighted by atomic mass is 10.3. The number of nitrogens with one attached hydrogen (secondary N) is 3. The zero-order chi connectivity index (χ0) is 18.2. The quantitative estimate of drug-likeness (QED) is 0.268. The summed E-state index contributed by atoms with van der Waals surface area (Å²) in [6, 6.07) is 5.28. The predicted octanol–water partition coefficient (Wildman–Crippen LogP) is 3.42. The average Bonchev–Trinajstić information content (AvgIpc) is 2.57. The molecule has 0 bridgehead atoms. The van der Waals surface area contributed by atoms with Crippen molar-refractivity contribution in [1.82, 2.24) is 15.3 Å². The normalized spacial score (nSPS) is 10.2. The Bertz CT molecular complexity index is 776. The van der Waals surface area contributed by atoms with Crippen LogP contribution in [0.2, 0.25) is 5.28 Å². The third kappa shape index (κ3) is 6.16. The highest BCUT2D eigenvalue weighted by Gasteiger charge is 2.08. The summed E-state index contributed by atoms with van der Waals surface area (Å²) < 4.78 is 0.688. The van der Waals surface area contributed by atoms with E-state index in [0.29, 0.717) is 35.5 Å². The standard InChI is InChI=1S/C14H14BrClN6O3/c15-11-8-19-13(16)21-12(11)17-5-2-6-18-14(23)20-9-3-1-4-10(7-9)22(24)25/h1,3-4,7-8H,2,5-6H2,(H,17,19,21)(H2,18,20,23). The van der Waals surface area contributed by atoms with Gasteiger partial charge in [0.05, 0.1) is 9.40 Å². The SMILES string of the molecule is O=C(NCCCNc1nc(Cl)ncc1Br)Nc1cccc([N+](=O)[O-])c1. The molecular formula is C14H14BrClN6O3. The summed E-state index contributed by atoms with van der Waals surface area (Å²) in [6.45, 7) is 0.966. The number of rotatable bonds is 7. The highest BCUT2D eigenvalue weighted by atomic mass is 79.9. The summed E-state index contributed by atoms with van der Waals surface area (Å²) in [5.74, 6) is 0.570. The summed E-state index contributed by atoms with van der Waals surface area (Å²) in [6.07, 6.45) is 2.18. The van der Waals surface area contributed by atoms with Crippen LogP contribution in [0.15, 0.2) is 34.9 Å². The van der Waals surface area contributed by atoms with Gasteiger partial charge in [0.15, 0.2) is 0 Å². The van der Waals surface area contributed by atoms with E-state index in [1.807, 2.05) is 0 Å². The van der Waals surface area contributed by atoms with Crippen molar-refractivity contribution in [3.63, 3.8) is 0 Å². The molecule has 2 amide bonds. The number of nitro benzene ring substituents is 1. The largest absolute Gasteiger partial charge is 0.369 e. The molecule has 1 aromatic heterocycles. The van der Waals surface area contributed by atoms with E-state index in [0.717, 1.165) is 0 Å². The summed E-state index contributed by atoms with van der Waals surface area (Å²) in [7, 11) is 0. The van der Waals surface area contributed by atoms with Crippen LogP contribution in [0.3, 0.4) is 0 Å². The molecular weight excluding hydrogens is 416 g/mol. The number of halogens is 2. The summed E-state index contributed by atoms with van der Waals surface area (Å²) in [4.78, 5) is 29.8. The van der Waals surface area contributed by atoms with Crippen LogP contribution in [0.5, 0.6) is 0 Å². The van der Waals surface area contributed by atoms with Crippen LogP contribution in [-0.4, -0.2) is 34.0 Å². The summed E-state index contributed by atoms with van der Waals surface area (Å²) in [5.41, 5.74) is 0.264. The number of nitrogens with zero attached hydrogens (tertiary/aromatic N) is 3. The number of nitro groups is 1. The zero-order valence-corrected chi connectivity index (χ0v) is 15.2. The van der Waals surface area contributed by atoms with Crippen LogP contribution in [0, 0.1) is 10.1 Å². The number of hydrogen-bond acceptors (Lipinski definition) is 6. The lowest BCUT2D eigenvalue weighted by molar-refractivity contribution is -0.384. The Morgan fingerprint density at radius 2 is 2.16 bits per heavy atom. The van der Waals surface area contributed by atoms with Gasteiger partial charge in [-0.1, -0.05) is 6.07 Å². The van der Waals surface area contributed by atoms with Gasteiger partial charge in [-0.05, 0) is 40.0 Å². The van der Waals surface area contributed by atoms with Crippen molar-refractivity contribution in [3.8, 4) is 0 Å². The van der Waals surface area contributed by atoms with Crippen molar-refractivity contribution in [3.05, 3.63) is 50.3 Å². The molecule has 0 unspecified atom stereocenters. The first-order valence-electron chi connectivity index (χ1n) is 7.17. The molecule has 11 heteroatoms. The predicted molar refractivity (Wildman–Crippen MR) is 98.0 cm³/mol. The van der Waals surface area contributed by atoms with Gasteiger partial charge in [-0.3, -0.25) is 10.1 Å². The van der Waals surface area contributed by atoms with Gasteiger partial charge in [0.2, 0.25) is 5.28 Å². The Kier molecular flexibility index (Phi) is 6.90. The van der Waals surface area contributed by atoms with Crippen molar-refractivity contribution < 1.29 is 9.72 Å². The number of carbonyl (C=O) groups is 1. The Labute approximate surface area is 156 Å². The first-order chi connectivity index (χ1) is 12.0. The molecule has 0 saturated heterocycles. The molecule has 0 atom stereocenters. The van der Waals surface area contributed by atoms with Gasteiger partial charge in [-0.15, -0.1) is 0 Å². The number of urea groups is 1. The van der Waals surface area contributed by atoms with E-state index < -0.39 is 11.0 Å². The topological polar surface area (TPSA) is 122 Å². The van der Waals surface area contributed by atoms with Crippen molar-refractivity contribution in [2.45, 2.75) is 6.42 Å². The molecule has 1 heterocycles. The van der Waals surface area contributed by atoms with E-state index in [-0.39, 0.29) is 11.0 Å². The van der Waals surface area contributed by atoms with Crippen LogP contribution in [0.1, 0.15) is 6.42 Å². The Morgan fingerprint density at radius 3 is 2.92 bits per heavy atom. The van der Waals surface area contributed by atoms with Crippen molar-refractivity contribution in [1.29, 1.82) is 0 Å². The van der Waals surface area contributed by atoms with Crippen LogP contribution in [0.4, 0.5) is 22.0 Å². The third-order valence-corrected chi connectivity index (χ3v) is 3.72. The van der Waals surface area contributed by atoms with Gasteiger partial charge in [0.25, 0.3) is 5.69 Å². The van der Waals surface area contributed by atoms with E-state index >= 15 is 0 Å². The average molecular weight is 430 g/mol. The molecule has 132 valence electrons. The van der Waals surface area contributed by atoms with E-state index in [2.05, 4.69) is 41.8 Å². The molecule has 2 aromatic rings. The number of hydrogen-bond donors (Lipinski definition) is 3. The number of carbonyl (C=O) groups excluding carboxylic acids is 1. The minimum atomic E-state index is -0.522. The molecule has 25 heavy (non-hydrogen) atoms. The fourth-order valence-electron chi connectivity index (χ4n) is 1.84. The van der Waals surface area contributed by atoms with Gasteiger partial charge in [0.1, 0.15) is 5.82 Å². The van der Waals surface area contributed by atoms with Gasteiger partial charge in [-0.25, -0.2) is 9.78 Å². The molecule has 0 spiro atoms. The molecule has 0 aliphatic heterocycles. The van der Waals surface area contributed by atoms with Gasteiger partial charge in [0, 0.05) is 37.1 Å². The maximum atomic E-state index is 11.8. The van der Waals surface area contributed by atoms with Crippen LogP contribution in [-0.2, 0) is 0 Å². The third-order valence-electron chi connectivity index (χ3n) is 2.96. The fourth-order valence-corrected chi connectivity index (χ4v) is 2.30. The second-order valence-corrected chi connectivity index (χ2v) is 6.00. The number of non-ortho nitro benzene ring substituents is 1. The second-order valence-electron chi connectivity index (χ2n) is 4.80. The fraction of sp³-hybridized carbons (Fsp3) is 0.214. The molecule has 0 aliphatic rings. The van der Waals surface area contributed by atoms with Crippen LogP contribution in [0.25, 0.3) is 0 Å². The number of anilines is 2. The van der Waals surface area contributed by atoms with Gasteiger partial charge in [-0.2, -0.15) is 4.98 Å². The lowest BCUT2D eigenvalue weighted by Crippen LogP contribution is -2.30. The van der Waals surface area contributed by atoms with E-state index in [4.69, 9.17) is 11.6 Å².